The monoisotopic (exact) mass is 495 g/mol. The zero-order chi connectivity index (χ0) is 24.2. The number of thiophene rings is 1. The van der Waals surface area contributed by atoms with Gasteiger partial charge in [-0.1, -0.05) is 23.9 Å². The number of hydrogen-bond acceptors (Lipinski definition) is 9. The van der Waals surface area contributed by atoms with Crippen molar-refractivity contribution >= 4 is 34.7 Å². The Kier molecular flexibility index (Phi) is 7.00. The van der Waals surface area contributed by atoms with Gasteiger partial charge in [0.25, 0.3) is 5.91 Å². The fraction of sp³-hybridized carbons (Fsp3) is 0.261. The third kappa shape index (κ3) is 4.69. The van der Waals surface area contributed by atoms with Crippen molar-refractivity contribution in [1.29, 1.82) is 5.26 Å². The summed E-state index contributed by atoms with van der Waals surface area (Å²) in [5.74, 6) is 0.861. The number of hydrogen-bond donors (Lipinski definition) is 1. The van der Waals surface area contributed by atoms with Crippen molar-refractivity contribution in [3.63, 3.8) is 0 Å². The molecule has 1 aromatic carbocycles. The van der Waals surface area contributed by atoms with Crippen LogP contribution < -0.4 is 15.2 Å². The molecule has 174 valence electrons. The number of nitriles is 1. The molecule has 1 aliphatic heterocycles. The molecule has 1 aliphatic rings. The Hall–Kier alpha value is -3.62. The van der Waals surface area contributed by atoms with Gasteiger partial charge in [-0.15, -0.1) is 11.3 Å². The average molecular weight is 496 g/mol. The van der Waals surface area contributed by atoms with E-state index in [4.69, 9.17) is 9.47 Å². The lowest BCUT2D eigenvalue weighted by Gasteiger charge is -2.23. The van der Waals surface area contributed by atoms with E-state index in [0.29, 0.717) is 23.6 Å². The minimum atomic E-state index is -0.561. The van der Waals surface area contributed by atoms with Crippen LogP contribution in [-0.4, -0.2) is 46.6 Å². The molecule has 1 N–H and O–H groups in total. The van der Waals surface area contributed by atoms with Crippen molar-refractivity contribution < 1.29 is 14.3 Å². The van der Waals surface area contributed by atoms with Gasteiger partial charge in [0.05, 0.1) is 36.6 Å². The molecule has 1 atom stereocenters. The fourth-order valence-electron chi connectivity index (χ4n) is 3.64. The first-order chi connectivity index (χ1) is 16.4. The number of aromatic nitrogens is 2. The summed E-state index contributed by atoms with van der Waals surface area (Å²) in [6, 6.07) is 11.2. The number of carbonyl (C=O) groups excluding carboxylic acids is 1. The standard InChI is InChI=1S/C23H21N5O4S2/c1-13-15(11-24)22(26-23(30)25-13)34-12-21(29)28-17(10-16(27-28)20-5-4-8-33-20)14-6-7-18(31-2)19(9-14)32-3/h4-9,17H,10,12H2,1-3H3,(H,25,26,30)/t17-/m0/s1. The molecule has 0 bridgehead atoms. The number of hydrazone groups is 1. The van der Waals surface area contributed by atoms with Crippen LogP contribution in [0.5, 0.6) is 11.5 Å². The van der Waals surface area contributed by atoms with Crippen LogP contribution in [0.15, 0.2) is 50.6 Å². The van der Waals surface area contributed by atoms with Gasteiger partial charge in [0.15, 0.2) is 11.5 Å². The summed E-state index contributed by atoms with van der Waals surface area (Å²) in [5, 5.41) is 17.7. The lowest BCUT2D eigenvalue weighted by Crippen LogP contribution is -2.29. The summed E-state index contributed by atoms with van der Waals surface area (Å²) in [5.41, 5.74) is 1.77. The number of thioether (sulfide) groups is 1. The van der Waals surface area contributed by atoms with Crippen LogP contribution in [0.2, 0.25) is 0 Å². The highest BCUT2D eigenvalue weighted by atomic mass is 32.2. The molecule has 9 nitrogen and oxygen atoms in total. The Morgan fingerprint density at radius 1 is 1.32 bits per heavy atom. The van der Waals surface area contributed by atoms with E-state index in [1.807, 2.05) is 35.7 Å². The largest absolute Gasteiger partial charge is 0.493 e. The molecular weight excluding hydrogens is 474 g/mol. The molecule has 0 saturated carbocycles. The predicted octanol–water partition coefficient (Wildman–Crippen LogP) is 3.50. The highest BCUT2D eigenvalue weighted by Gasteiger charge is 2.34. The van der Waals surface area contributed by atoms with E-state index >= 15 is 0 Å². The summed E-state index contributed by atoms with van der Waals surface area (Å²) in [6.07, 6.45) is 0.540. The molecule has 3 aromatic rings. The molecule has 0 spiro atoms. The van der Waals surface area contributed by atoms with Gasteiger partial charge in [-0.2, -0.15) is 15.3 Å². The molecule has 34 heavy (non-hydrogen) atoms. The molecule has 11 heteroatoms. The quantitative estimate of drug-likeness (QED) is 0.393. The van der Waals surface area contributed by atoms with E-state index in [1.165, 1.54) is 5.01 Å². The van der Waals surface area contributed by atoms with Crippen molar-refractivity contribution in [2.75, 3.05) is 20.0 Å². The van der Waals surface area contributed by atoms with Crippen molar-refractivity contribution in [3.05, 3.63) is 67.9 Å². The second kappa shape index (κ2) is 10.1. The minimum absolute atomic E-state index is 0.0322. The number of amides is 1. The summed E-state index contributed by atoms with van der Waals surface area (Å²) < 4.78 is 10.8. The van der Waals surface area contributed by atoms with Gasteiger partial charge in [0.2, 0.25) is 0 Å². The van der Waals surface area contributed by atoms with E-state index in [1.54, 1.807) is 38.5 Å². The molecule has 0 saturated heterocycles. The van der Waals surface area contributed by atoms with E-state index < -0.39 is 5.69 Å². The molecule has 0 aliphatic carbocycles. The lowest BCUT2D eigenvalue weighted by atomic mass is 10.0. The molecule has 1 amide bonds. The maximum Gasteiger partial charge on any atom is 0.346 e. The normalized spacial score (nSPS) is 15.1. The second-order valence-electron chi connectivity index (χ2n) is 7.34. The topological polar surface area (TPSA) is 121 Å². The van der Waals surface area contributed by atoms with E-state index in [2.05, 4.69) is 15.1 Å². The van der Waals surface area contributed by atoms with Crippen molar-refractivity contribution in [2.24, 2.45) is 5.10 Å². The number of aromatic amines is 1. The van der Waals surface area contributed by atoms with Gasteiger partial charge < -0.3 is 14.5 Å². The number of rotatable bonds is 7. The number of methoxy groups -OCH3 is 2. The number of nitrogens with one attached hydrogen (secondary N) is 1. The molecule has 0 fully saturated rings. The Balaban J connectivity index is 1.63. The Labute approximate surface area is 204 Å². The van der Waals surface area contributed by atoms with Crippen molar-refractivity contribution in [2.45, 2.75) is 24.4 Å². The van der Waals surface area contributed by atoms with Gasteiger partial charge in [-0.25, -0.2) is 9.80 Å². The van der Waals surface area contributed by atoms with Gasteiger partial charge in [0.1, 0.15) is 16.7 Å². The molecule has 4 rings (SSSR count). The van der Waals surface area contributed by atoms with Gasteiger partial charge >= 0.3 is 5.69 Å². The fourth-order valence-corrected chi connectivity index (χ4v) is 5.25. The third-order valence-corrected chi connectivity index (χ3v) is 7.17. The summed E-state index contributed by atoms with van der Waals surface area (Å²) in [4.78, 5) is 32.5. The van der Waals surface area contributed by atoms with Crippen LogP contribution >= 0.6 is 23.1 Å². The van der Waals surface area contributed by atoms with Crippen LogP contribution in [0.25, 0.3) is 0 Å². The SMILES string of the molecule is COc1ccc([C@@H]2CC(c3cccs3)=NN2C(=O)CSc2nc(=O)[nH]c(C)c2C#N)cc1OC. The second-order valence-corrected chi connectivity index (χ2v) is 9.26. The number of ether oxygens (including phenoxy) is 2. The lowest BCUT2D eigenvalue weighted by molar-refractivity contribution is -0.130. The van der Waals surface area contributed by atoms with Crippen LogP contribution in [0, 0.1) is 18.3 Å². The average Bonchev–Trinajstić information content (AvgIpc) is 3.52. The zero-order valence-electron chi connectivity index (χ0n) is 18.7. The number of nitrogens with zero attached hydrogens (tertiary/aromatic N) is 4. The van der Waals surface area contributed by atoms with Crippen LogP contribution in [0.3, 0.4) is 0 Å². The number of carbonyl (C=O) groups is 1. The van der Waals surface area contributed by atoms with E-state index in [9.17, 15) is 14.9 Å². The minimum Gasteiger partial charge on any atom is -0.493 e. The Morgan fingerprint density at radius 2 is 2.12 bits per heavy atom. The maximum absolute atomic E-state index is 13.3. The van der Waals surface area contributed by atoms with Crippen LogP contribution in [0.4, 0.5) is 0 Å². The molecule has 2 aromatic heterocycles. The number of H-pyrrole nitrogens is 1. The smallest absolute Gasteiger partial charge is 0.346 e. The third-order valence-electron chi connectivity index (χ3n) is 5.29. The zero-order valence-corrected chi connectivity index (χ0v) is 20.3. The first-order valence-electron chi connectivity index (χ1n) is 10.2. The number of aryl methyl sites for hydroxylation is 1. The molecule has 3 heterocycles. The number of benzene rings is 1. The summed E-state index contributed by atoms with van der Waals surface area (Å²) in [7, 11) is 3.13. The highest BCUT2D eigenvalue weighted by Crippen LogP contribution is 2.38. The summed E-state index contributed by atoms with van der Waals surface area (Å²) >= 11 is 2.61. The predicted molar refractivity (Wildman–Crippen MR) is 130 cm³/mol. The molecular formula is C23H21N5O4S2. The van der Waals surface area contributed by atoms with E-state index in [0.717, 1.165) is 27.9 Å². The van der Waals surface area contributed by atoms with Crippen molar-refractivity contribution in [1.82, 2.24) is 15.0 Å². The Morgan fingerprint density at radius 3 is 2.79 bits per heavy atom. The first-order valence-corrected chi connectivity index (χ1v) is 12.1. The highest BCUT2D eigenvalue weighted by molar-refractivity contribution is 8.00. The van der Waals surface area contributed by atoms with Gasteiger partial charge in [-0.05, 0) is 36.1 Å². The van der Waals surface area contributed by atoms with Crippen LogP contribution in [-0.2, 0) is 4.79 Å². The van der Waals surface area contributed by atoms with Crippen molar-refractivity contribution in [3.8, 4) is 17.6 Å². The summed E-state index contributed by atoms with van der Waals surface area (Å²) in [6.45, 7) is 1.62. The first kappa shape index (κ1) is 23.5. The maximum atomic E-state index is 13.3. The molecule has 0 unspecified atom stereocenters. The molecule has 0 radical (unpaired) electrons. The van der Waals surface area contributed by atoms with E-state index in [-0.39, 0.29) is 28.3 Å². The Bertz CT molecular complexity index is 1340. The van der Waals surface area contributed by atoms with Crippen LogP contribution in [0.1, 0.15) is 34.2 Å². The van der Waals surface area contributed by atoms with Gasteiger partial charge in [-0.3, -0.25) is 4.79 Å². The van der Waals surface area contributed by atoms with Gasteiger partial charge in [0, 0.05) is 12.1 Å².